The Morgan fingerprint density at radius 2 is 2.36 bits per heavy atom. The number of hydrogen-bond donors (Lipinski definition) is 2. The quantitative estimate of drug-likeness (QED) is 0.670. The van der Waals surface area contributed by atoms with E-state index in [4.69, 9.17) is 4.42 Å². The lowest BCUT2D eigenvalue weighted by atomic mass is 10.2. The van der Waals surface area contributed by atoms with Gasteiger partial charge in [0, 0.05) is 6.04 Å². The molecule has 3 heterocycles. The van der Waals surface area contributed by atoms with Crippen molar-refractivity contribution >= 4 is 44.0 Å². The van der Waals surface area contributed by atoms with Crippen LogP contribution >= 0.6 is 23.1 Å². The van der Waals surface area contributed by atoms with Crippen molar-refractivity contribution in [3.8, 4) is 0 Å². The highest BCUT2D eigenvalue weighted by atomic mass is 32.2. The highest BCUT2D eigenvalue weighted by molar-refractivity contribution is 8.02. The molecule has 11 heteroatoms. The number of nitrogens with one attached hydrogen (secondary N) is 2. The smallest absolute Gasteiger partial charge is 0.233 e. The largest absolute Gasteiger partial charge is 0.467 e. The van der Waals surface area contributed by atoms with Crippen molar-refractivity contribution in [3.05, 3.63) is 24.2 Å². The van der Waals surface area contributed by atoms with Gasteiger partial charge in [-0.25, -0.2) is 8.42 Å². The van der Waals surface area contributed by atoms with Crippen LogP contribution in [-0.4, -0.2) is 47.3 Å². The van der Waals surface area contributed by atoms with Gasteiger partial charge in [-0.2, -0.15) is 0 Å². The second-order valence-electron chi connectivity index (χ2n) is 5.67. The maximum atomic E-state index is 12.2. The predicted octanol–water partition coefficient (Wildman–Crippen LogP) is 1.53. The molecule has 8 nitrogen and oxygen atoms in total. The summed E-state index contributed by atoms with van der Waals surface area (Å²) < 4.78 is 28.8. The highest BCUT2D eigenvalue weighted by Crippen LogP contribution is 2.29. The van der Waals surface area contributed by atoms with Crippen molar-refractivity contribution in [1.82, 2.24) is 15.5 Å². The summed E-state index contributed by atoms with van der Waals surface area (Å²) in [5.74, 6) is 0.771. The van der Waals surface area contributed by atoms with Crippen molar-refractivity contribution < 1.29 is 17.6 Å². The SMILES string of the molecule is C[C@H](Sc1nnc(NCc2ccco2)s1)C(=O)N[C@H]1CCS(=O)(=O)C1. The van der Waals surface area contributed by atoms with E-state index in [-0.39, 0.29) is 28.7 Å². The van der Waals surface area contributed by atoms with Crippen molar-refractivity contribution in [3.63, 3.8) is 0 Å². The van der Waals surface area contributed by atoms with Gasteiger partial charge in [0.05, 0.1) is 29.6 Å². The third kappa shape index (κ3) is 5.19. The first-order chi connectivity index (χ1) is 11.9. The van der Waals surface area contributed by atoms with Gasteiger partial charge in [0.1, 0.15) is 5.76 Å². The summed E-state index contributed by atoms with van der Waals surface area (Å²) in [6.45, 7) is 2.28. The van der Waals surface area contributed by atoms with Crippen LogP contribution in [0.4, 0.5) is 5.13 Å². The molecule has 136 valence electrons. The lowest BCUT2D eigenvalue weighted by Crippen LogP contribution is -2.39. The minimum atomic E-state index is -3.01. The number of sulfone groups is 1. The van der Waals surface area contributed by atoms with Gasteiger partial charge in [-0.3, -0.25) is 4.79 Å². The summed E-state index contributed by atoms with van der Waals surface area (Å²) in [6.07, 6.45) is 2.08. The maximum absolute atomic E-state index is 12.2. The fraction of sp³-hybridized carbons (Fsp3) is 0.500. The summed E-state index contributed by atoms with van der Waals surface area (Å²) in [7, 11) is -3.01. The first kappa shape index (κ1) is 18.2. The van der Waals surface area contributed by atoms with Crippen LogP contribution in [0.1, 0.15) is 19.1 Å². The zero-order valence-corrected chi connectivity index (χ0v) is 15.9. The lowest BCUT2D eigenvalue weighted by Gasteiger charge is -2.14. The summed E-state index contributed by atoms with van der Waals surface area (Å²) in [5, 5.41) is 14.3. The minimum absolute atomic E-state index is 0.0236. The van der Waals surface area contributed by atoms with E-state index < -0.39 is 9.84 Å². The number of carbonyl (C=O) groups excluding carboxylic acids is 1. The summed E-state index contributed by atoms with van der Waals surface area (Å²) >= 11 is 2.65. The van der Waals surface area contributed by atoms with Crippen molar-refractivity contribution in [2.45, 2.75) is 35.5 Å². The van der Waals surface area contributed by atoms with Gasteiger partial charge in [0.25, 0.3) is 0 Å². The van der Waals surface area contributed by atoms with E-state index in [2.05, 4.69) is 20.8 Å². The van der Waals surface area contributed by atoms with Crippen LogP contribution in [0.25, 0.3) is 0 Å². The van der Waals surface area contributed by atoms with Gasteiger partial charge in [-0.15, -0.1) is 10.2 Å². The Balaban J connectivity index is 1.47. The molecule has 1 aliphatic heterocycles. The molecule has 1 saturated heterocycles. The summed E-state index contributed by atoms with van der Waals surface area (Å²) in [4.78, 5) is 12.2. The third-order valence-electron chi connectivity index (χ3n) is 3.63. The molecule has 2 aromatic rings. The van der Waals surface area contributed by atoms with Gasteiger partial charge in [-0.1, -0.05) is 23.1 Å². The number of amides is 1. The number of nitrogens with zero attached hydrogens (tertiary/aromatic N) is 2. The first-order valence-corrected chi connectivity index (χ1v) is 11.2. The highest BCUT2D eigenvalue weighted by Gasteiger charge is 2.30. The monoisotopic (exact) mass is 402 g/mol. The van der Waals surface area contributed by atoms with E-state index in [0.717, 1.165) is 5.76 Å². The molecule has 1 amide bonds. The molecule has 2 N–H and O–H groups in total. The molecule has 0 spiro atoms. The van der Waals surface area contributed by atoms with Gasteiger partial charge in [0.15, 0.2) is 14.2 Å². The number of furan rings is 1. The minimum Gasteiger partial charge on any atom is -0.467 e. The van der Waals surface area contributed by atoms with E-state index >= 15 is 0 Å². The Morgan fingerprint density at radius 1 is 1.52 bits per heavy atom. The molecular weight excluding hydrogens is 384 g/mol. The fourth-order valence-electron chi connectivity index (χ4n) is 2.34. The number of aromatic nitrogens is 2. The average molecular weight is 403 g/mol. The lowest BCUT2D eigenvalue weighted by molar-refractivity contribution is -0.120. The Labute approximate surface area is 153 Å². The van der Waals surface area contributed by atoms with Crippen LogP contribution in [-0.2, 0) is 21.2 Å². The zero-order chi connectivity index (χ0) is 17.9. The van der Waals surface area contributed by atoms with Gasteiger partial charge < -0.3 is 15.1 Å². The molecule has 1 fully saturated rings. The van der Waals surface area contributed by atoms with E-state index in [1.165, 1.54) is 23.1 Å². The Bertz CT molecular complexity index is 819. The number of rotatable bonds is 7. The molecule has 0 aliphatic carbocycles. The normalized spacial score (nSPS) is 20.3. The van der Waals surface area contributed by atoms with E-state index in [1.54, 1.807) is 13.2 Å². The summed E-state index contributed by atoms with van der Waals surface area (Å²) in [5.41, 5.74) is 0. The molecule has 3 rings (SSSR count). The second-order valence-corrected chi connectivity index (χ2v) is 10.5. The second kappa shape index (κ2) is 7.75. The third-order valence-corrected chi connectivity index (χ3v) is 7.46. The Kier molecular flexibility index (Phi) is 5.64. The van der Waals surface area contributed by atoms with E-state index in [9.17, 15) is 13.2 Å². The van der Waals surface area contributed by atoms with Gasteiger partial charge in [-0.05, 0) is 25.5 Å². The molecule has 2 atom stereocenters. The van der Waals surface area contributed by atoms with Crippen LogP contribution in [0.5, 0.6) is 0 Å². The molecule has 0 radical (unpaired) electrons. The summed E-state index contributed by atoms with van der Waals surface area (Å²) in [6, 6.07) is 3.38. The molecule has 2 aromatic heterocycles. The Hall–Kier alpha value is -1.59. The number of hydrogen-bond acceptors (Lipinski definition) is 9. The first-order valence-electron chi connectivity index (χ1n) is 7.68. The fourth-order valence-corrected chi connectivity index (χ4v) is 5.91. The molecule has 25 heavy (non-hydrogen) atoms. The van der Waals surface area contributed by atoms with Crippen LogP contribution in [0, 0.1) is 0 Å². The maximum Gasteiger partial charge on any atom is 0.233 e. The van der Waals surface area contributed by atoms with Gasteiger partial charge >= 0.3 is 0 Å². The number of carbonyl (C=O) groups is 1. The zero-order valence-electron chi connectivity index (χ0n) is 13.5. The van der Waals surface area contributed by atoms with Crippen molar-refractivity contribution in [2.24, 2.45) is 0 Å². The van der Waals surface area contributed by atoms with Crippen LogP contribution in [0.3, 0.4) is 0 Å². The Morgan fingerprint density at radius 3 is 3.04 bits per heavy atom. The van der Waals surface area contributed by atoms with Crippen molar-refractivity contribution in [1.29, 1.82) is 0 Å². The molecule has 0 unspecified atom stereocenters. The van der Waals surface area contributed by atoms with Crippen LogP contribution < -0.4 is 10.6 Å². The molecule has 1 aliphatic rings. The number of anilines is 1. The molecule has 0 saturated carbocycles. The van der Waals surface area contributed by atoms with Crippen molar-refractivity contribution in [2.75, 3.05) is 16.8 Å². The standard InChI is InChI=1S/C14H18N4O4S3/c1-9(12(19)16-10-4-6-25(20,21)8-10)23-14-18-17-13(24-14)15-7-11-3-2-5-22-11/h2-3,5,9-10H,4,6-8H2,1H3,(H,15,17)(H,16,19)/t9-,10-/m0/s1. The van der Waals surface area contributed by atoms with Crippen LogP contribution in [0.15, 0.2) is 27.2 Å². The molecule has 0 aromatic carbocycles. The van der Waals surface area contributed by atoms with Gasteiger partial charge in [0.2, 0.25) is 11.0 Å². The average Bonchev–Trinajstić information content (AvgIpc) is 3.27. The predicted molar refractivity (Wildman–Crippen MR) is 96.5 cm³/mol. The van der Waals surface area contributed by atoms with E-state index in [1.807, 2.05) is 12.1 Å². The number of thioether (sulfide) groups is 1. The topological polar surface area (TPSA) is 114 Å². The van der Waals surface area contributed by atoms with Crippen LogP contribution in [0.2, 0.25) is 0 Å². The van der Waals surface area contributed by atoms with E-state index in [0.29, 0.717) is 22.4 Å². The molecule has 0 bridgehead atoms. The molecular formula is C14H18N4O4S3.